The van der Waals surface area contributed by atoms with Gasteiger partial charge in [-0.05, 0) is 41.4 Å². The number of carbonyl (C=O) groups excluding carboxylic acids is 1. The van der Waals surface area contributed by atoms with E-state index in [1.165, 1.54) is 31.4 Å². The Bertz CT molecular complexity index is 1080. The lowest BCUT2D eigenvalue weighted by molar-refractivity contribution is -0.168. The Hall–Kier alpha value is -3.01. The van der Waals surface area contributed by atoms with Gasteiger partial charge in [0.05, 0.1) is 7.11 Å². The van der Waals surface area contributed by atoms with Gasteiger partial charge in [0, 0.05) is 5.56 Å². The number of hydrogen-bond donors (Lipinski definition) is 1. The molecule has 0 spiro atoms. The van der Waals surface area contributed by atoms with Gasteiger partial charge in [0.25, 0.3) is 0 Å². The minimum absolute atomic E-state index is 0.138. The molecule has 0 fully saturated rings. The number of carbonyl (C=O) groups is 1. The van der Waals surface area contributed by atoms with Crippen molar-refractivity contribution in [3.8, 4) is 17.1 Å². The number of fused-ring (bicyclic) bond motifs is 1. The Morgan fingerprint density at radius 1 is 1.13 bits per heavy atom. The molecule has 6 nitrogen and oxygen atoms in total. The fourth-order valence-electron chi connectivity index (χ4n) is 3.12. The third-order valence-corrected chi connectivity index (χ3v) is 6.14. The second kappa shape index (κ2) is 7.35. The molecule has 30 heavy (non-hydrogen) atoms. The third-order valence-electron chi connectivity index (χ3n) is 4.81. The second-order valence-electron chi connectivity index (χ2n) is 6.62. The van der Waals surface area contributed by atoms with Crippen LogP contribution in [0.5, 0.6) is 5.75 Å². The summed E-state index contributed by atoms with van der Waals surface area (Å²) in [6.45, 7) is 2.01. The molecular weight excluding hydrogens is 417 g/mol. The molecule has 0 radical (unpaired) electrons. The molecule has 0 bridgehead atoms. The first-order valence-corrected chi connectivity index (χ1v) is 9.88. The van der Waals surface area contributed by atoms with Gasteiger partial charge in [-0.25, -0.2) is 9.78 Å². The average Bonchev–Trinajstić information content (AvgIpc) is 3.17. The third kappa shape index (κ3) is 3.30. The van der Waals surface area contributed by atoms with Crippen LogP contribution in [0.1, 0.15) is 18.1 Å². The van der Waals surface area contributed by atoms with Crippen molar-refractivity contribution in [2.24, 2.45) is 0 Å². The van der Waals surface area contributed by atoms with Crippen molar-refractivity contribution in [2.45, 2.75) is 29.5 Å². The lowest BCUT2D eigenvalue weighted by Crippen LogP contribution is -2.57. The molecule has 3 aromatic rings. The fourth-order valence-corrected chi connectivity index (χ4v) is 4.25. The van der Waals surface area contributed by atoms with Crippen LogP contribution in [0.15, 0.2) is 53.7 Å². The van der Waals surface area contributed by atoms with Crippen molar-refractivity contribution in [1.29, 1.82) is 0 Å². The molecule has 4 rings (SSSR count). The highest BCUT2D eigenvalue weighted by Crippen LogP contribution is 2.52. The highest BCUT2D eigenvalue weighted by molar-refractivity contribution is 8.00. The summed E-state index contributed by atoms with van der Waals surface area (Å²) in [7, 11) is 1.42. The number of hydrogen-bond acceptors (Lipinski definition) is 5. The van der Waals surface area contributed by atoms with Crippen LogP contribution in [0.3, 0.4) is 0 Å². The Kier molecular flexibility index (Phi) is 4.97. The van der Waals surface area contributed by atoms with Gasteiger partial charge in [-0.2, -0.15) is 17.9 Å². The lowest BCUT2D eigenvalue weighted by Gasteiger charge is -2.37. The Balaban J connectivity index is 1.77. The van der Waals surface area contributed by atoms with E-state index in [1.54, 1.807) is 12.1 Å². The minimum atomic E-state index is -4.79. The van der Waals surface area contributed by atoms with Gasteiger partial charge < -0.3 is 10.1 Å². The topological polar surface area (TPSA) is 69.0 Å². The summed E-state index contributed by atoms with van der Waals surface area (Å²) in [4.78, 5) is 14.1. The summed E-state index contributed by atoms with van der Waals surface area (Å²) in [5.74, 6) is 0.590. The quantitative estimate of drug-likeness (QED) is 0.650. The average molecular weight is 434 g/mol. The van der Waals surface area contributed by atoms with E-state index in [1.807, 2.05) is 19.1 Å². The monoisotopic (exact) mass is 434 g/mol. The number of aromatic nitrogens is 3. The zero-order valence-electron chi connectivity index (χ0n) is 16.0. The first-order chi connectivity index (χ1) is 14.3. The molecule has 10 heteroatoms. The molecule has 1 aliphatic rings. The molecule has 2 aromatic carbocycles. The molecule has 1 amide bonds. The van der Waals surface area contributed by atoms with Crippen LogP contribution in [0.4, 0.5) is 18.0 Å². The predicted molar refractivity (Wildman–Crippen MR) is 105 cm³/mol. The summed E-state index contributed by atoms with van der Waals surface area (Å²) in [5.41, 5.74) is 1.58. The van der Waals surface area contributed by atoms with Gasteiger partial charge in [-0.15, -0.1) is 5.10 Å². The summed E-state index contributed by atoms with van der Waals surface area (Å²) < 4.78 is 48.5. The molecule has 2 heterocycles. The summed E-state index contributed by atoms with van der Waals surface area (Å²) in [6.07, 6.45) is -3.94. The number of ether oxygens (including phenoxy) is 1. The van der Waals surface area contributed by atoms with E-state index in [4.69, 9.17) is 4.74 Å². The number of aryl methyl sites for hydroxylation is 1. The van der Waals surface area contributed by atoms with Crippen LogP contribution < -0.4 is 10.1 Å². The number of rotatable bonds is 4. The standard InChI is InChI=1S/C20H17F3N4O2S/c1-3-12-4-6-13(7-5-12)16-24-18-27(26-16)17(28)25-19(30-18,20(21,22)23)14-8-10-15(29-2)11-9-14/h4-11H,3H2,1-2H3,(H,25,28)/t19-/m1/s1. The minimum Gasteiger partial charge on any atom is -0.497 e. The molecule has 1 atom stereocenters. The molecular formula is C20H17F3N4O2S. The van der Waals surface area contributed by atoms with Crippen molar-refractivity contribution in [2.75, 3.05) is 7.11 Å². The van der Waals surface area contributed by atoms with Crippen LogP contribution in [-0.2, 0) is 11.3 Å². The van der Waals surface area contributed by atoms with Crippen molar-refractivity contribution in [3.05, 3.63) is 59.7 Å². The van der Waals surface area contributed by atoms with E-state index < -0.39 is 17.1 Å². The first kappa shape index (κ1) is 20.3. The highest BCUT2D eigenvalue weighted by atomic mass is 32.2. The van der Waals surface area contributed by atoms with Crippen LogP contribution in [0.25, 0.3) is 11.4 Å². The van der Waals surface area contributed by atoms with Crippen molar-refractivity contribution in [1.82, 2.24) is 20.1 Å². The molecule has 1 N–H and O–H groups in total. The van der Waals surface area contributed by atoms with Gasteiger partial charge in [0.15, 0.2) is 11.0 Å². The number of amides is 1. The predicted octanol–water partition coefficient (Wildman–Crippen LogP) is 4.59. The smallest absolute Gasteiger partial charge is 0.425 e. The normalized spacial score (nSPS) is 18.6. The number of nitrogens with zero attached hydrogens (tertiary/aromatic N) is 3. The molecule has 0 unspecified atom stereocenters. The largest absolute Gasteiger partial charge is 0.497 e. The number of halogens is 3. The number of alkyl halides is 3. The summed E-state index contributed by atoms with van der Waals surface area (Å²) in [6, 6.07) is 11.7. The molecule has 0 aliphatic carbocycles. The van der Waals surface area contributed by atoms with E-state index in [9.17, 15) is 18.0 Å². The maximum Gasteiger partial charge on any atom is 0.425 e. The maximum absolute atomic E-state index is 14.2. The van der Waals surface area contributed by atoms with Gasteiger partial charge in [-0.1, -0.05) is 43.3 Å². The molecule has 1 aliphatic heterocycles. The Morgan fingerprint density at radius 3 is 2.37 bits per heavy atom. The van der Waals surface area contributed by atoms with E-state index in [2.05, 4.69) is 15.4 Å². The first-order valence-electron chi connectivity index (χ1n) is 9.06. The molecule has 0 saturated carbocycles. The van der Waals surface area contributed by atoms with Crippen molar-refractivity contribution in [3.63, 3.8) is 0 Å². The van der Waals surface area contributed by atoms with Crippen LogP contribution in [0.2, 0.25) is 0 Å². The van der Waals surface area contributed by atoms with Crippen LogP contribution in [0, 0.1) is 0 Å². The van der Waals surface area contributed by atoms with Gasteiger partial charge in [-0.3, -0.25) is 0 Å². The number of thioether (sulfide) groups is 1. The van der Waals surface area contributed by atoms with Crippen molar-refractivity contribution < 1.29 is 22.7 Å². The highest BCUT2D eigenvalue weighted by Gasteiger charge is 2.61. The van der Waals surface area contributed by atoms with E-state index in [0.29, 0.717) is 23.1 Å². The van der Waals surface area contributed by atoms with E-state index in [0.717, 1.165) is 16.7 Å². The van der Waals surface area contributed by atoms with Crippen LogP contribution in [-0.4, -0.2) is 34.1 Å². The Labute approximate surface area is 174 Å². The van der Waals surface area contributed by atoms with Gasteiger partial charge in [0.2, 0.25) is 4.87 Å². The SMILES string of the molecule is CCc1ccc(-c2nc3n(n2)C(=O)N[C@@](c2ccc(OC)cc2)(C(F)(F)F)S3)cc1. The van der Waals surface area contributed by atoms with Crippen molar-refractivity contribution >= 4 is 17.8 Å². The fraction of sp³-hybridized carbons (Fsp3) is 0.250. The van der Waals surface area contributed by atoms with E-state index >= 15 is 0 Å². The maximum atomic E-state index is 14.2. The van der Waals surface area contributed by atoms with Gasteiger partial charge in [0.1, 0.15) is 5.75 Å². The molecule has 0 saturated heterocycles. The zero-order valence-corrected chi connectivity index (χ0v) is 16.8. The number of methoxy groups -OCH3 is 1. The van der Waals surface area contributed by atoms with Gasteiger partial charge >= 0.3 is 12.2 Å². The summed E-state index contributed by atoms with van der Waals surface area (Å²) in [5, 5.41) is 6.06. The summed E-state index contributed by atoms with van der Waals surface area (Å²) >= 11 is 0.396. The van der Waals surface area contributed by atoms with E-state index in [-0.39, 0.29) is 16.5 Å². The zero-order chi connectivity index (χ0) is 21.5. The Morgan fingerprint density at radius 2 is 1.80 bits per heavy atom. The van der Waals surface area contributed by atoms with Crippen LogP contribution >= 0.6 is 11.8 Å². The molecule has 1 aromatic heterocycles. The second-order valence-corrected chi connectivity index (χ2v) is 7.80. The number of nitrogens with one attached hydrogen (secondary N) is 1. The molecule has 156 valence electrons. The lowest BCUT2D eigenvalue weighted by atomic mass is 10.1. The number of benzene rings is 2.